The van der Waals surface area contributed by atoms with Crippen molar-refractivity contribution < 1.29 is 98.1 Å². The summed E-state index contributed by atoms with van der Waals surface area (Å²) < 4.78 is 205. The Bertz CT molecular complexity index is 4030. The monoisotopic (exact) mass is 1060 g/mol. The smallest absolute Gasteiger partial charge is 0.298 e. The maximum Gasteiger partial charge on any atom is 0.298 e. The third-order valence-electron chi connectivity index (χ3n) is 8.84. The molecule has 0 fully saturated rings. The average Bonchev–Trinajstić information content (AvgIpc) is 3.19. The lowest BCUT2D eigenvalue weighted by Gasteiger charge is -2.13. The van der Waals surface area contributed by atoms with E-state index in [0.717, 1.165) is 18.2 Å². The molecule has 6 aromatic rings. The Balaban J connectivity index is 1.53. The van der Waals surface area contributed by atoms with E-state index in [-0.39, 0.29) is 5.39 Å². The van der Waals surface area contributed by atoms with E-state index >= 15 is 0 Å². The normalized spacial score (nSPS) is 13.4. The van der Waals surface area contributed by atoms with Crippen molar-refractivity contribution in [1.29, 1.82) is 0 Å². The summed E-state index contributed by atoms with van der Waals surface area (Å²) in [6, 6.07) is 7.39. The second-order valence-corrected chi connectivity index (χ2v) is 21.6. The van der Waals surface area contributed by atoms with Crippen LogP contribution in [0.1, 0.15) is 0 Å². The molecule has 0 aliphatic rings. The Labute approximate surface area is 378 Å². The van der Waals surface area contributed by atoms with Gasteiger partial charge in [-0.1, -0.05) is 6.07 Å². The van der Waals surface area contributed by atoms with Gasteiger partial charge in [-0.2, -0.15) is 55.6 Å². The van der Waals surface area contributed by atoms with E-state index < -0.39 is 168 Å². The van der Waals surface area contributed by atoms with E-state index in [0.29, 0.717) is 54.6 Å². The summed E-state index contributed by atoms with van der Waals surface area (Å²) in [5.41, 5.74) is -7.02. The molecule has 68 heavy (non-hydrogen) atoms. The highest BCUT2D eigenvalue weighted by atomic mass is 32.2. The van der Waals surface area contributed by atoms with Crippen molar-refractivity contribution in [3.05, 3.63) is 82.9 Å². The van der Waals surface area contributed by atoms with Gasteiger partial charge in [0.05, 0.1) is 20.9 Å². The number of rotatable bonds is 13. The third kappa shape index (κ3) is 10.2. The molecule has 358 valence electrons. The number of fused-ring (bicyclic) bond motifs is 2. The molecule has 0 radical (unpaired) electrons. The molecule has 0 saturated carbocycles. The van der Waals surface area contributed by atoms with Crippen molar-refractivity contribution in [2.45, 2.75) is 29.4 Å². The number of aromatic hydroxyl groups is 3. The summed E-state index contributed by atoms with van der Waals surface area (Å²) in [5, 5.41) is 62.9. The molecule has 0 unspecified atom stereocenters. The van der Waals surface area contributed by atoms with Crippen LogP contribution in [0, 0.1) is 10.1 Å². The van der Waals surface area contributed by atoms with Gasteiger partial charge in [0.1, 0.15) is 52.9 Å². The van der Waals surface area contributed by atoms with Gasteiger partial charge in [-0.3, -0.25) is 37.4 Å². The number of benzene rings is 6. The zero-order chi connectivity index (χ0) is 50.9. The average molecular weight is 1060 g/mol. The maximum absolute atomic E-state index is 12.5. The summed E-state index contributed by atoms with van der Waals surface area (Å²) in [6.07, 6.45) is 0. The number of non-ortho nitro benzene ring substituents is 1. The molecule has 9 N–H and O–H groups in total. The lowest BCUT2D eigenvalue weighted by atomic mass is 10.1. The third-order valence-corrected chi connectivity index (χ3v) is 14.1. The summed E-state index contributed by atoms with van der Waals surface area (Å²) in [4.78, 5) is 2.71. The number of phenols is 3. The van der Waals surface area contributed by atoms with E-state index in [1.807, 2.05) is 0 Å². The number of nitrogens with zero attached hydrogens (tertiary/aromatic N) is 7. The van der Waals surface area contributed by atoms with Crippen LogP contribution in [0.15, 0.2) is 133 Å². The Morgan fingerprint density at radius 1 is 0.412 bits per heavy atom. The molecule has 0 bridgehead atoms. The van der Waals surface area contributed by atoms with Crippen LogP contribution in [-0.4, -0.2) is 98.1 Å². The lowest BCUT2D eigenvalue weighted by Crippen LogP contribution is -2.02. The van der Waals surface area contributed by atoms with Gasteiger partial charge in [0.2, 0.25) is 0 Å². The maximum atomic E-state index is 12.5. The molecule has 36 heteroatoms. The number of phenolic OH excluding ortho intramolecular Hbond substituents is 3. The molecule has 0 amide bonds. The summed E-state index contributed by atoms with van der Waals surface area (Å²) in [5.74, 6) is -4.40. The van der Waals surface area contributed by atoms with Gasteiger partial charge >= 0.3 is 0 Å². The molecule has 0 heterocycles. The van der Waals surface area contributed by atoms with Crippen LogP contribution in [0.5, 0.6) is 17.2 Å². The topological polar surface area (TPSA) is 504 Å². The van der Waals surface area contributed by atoms with Crippen molar-refractivity contribution in [1.82, 2.24) is 0 Å². The minimum absolute atomic E-state index is 0.211. The zero-order valence-electron chi connectivity index (χ0n) is 32.2. The number of azo groups is 3. The fourth-order valence-corrected chi connectivity index (χ4v) is 9.63. The lowest BCUT2D eigenvalue weighted by molar-refractivity contribution is -0.385. The number of hydrogen-bond acceptors (Lipinski definition) is 23. The van der Waals surface area contributed by atoms with E-state index in [9.17, 15) is 103 Å². The largest absolute Gasteiger partial charge is 0.505 e. The van der Waals surface area contributed by atoms with Gasteiger partial charge in [-0.15, -0.1) is 25.6 Å². The van der Waals surface area contributed by atoms with Gasteiger partial charge in [-0.05, 0) is 65.4 Å². The van der Waals surface area contributed by atoms with Crippen LogP contribution in [0.4, 0.5) is 39.8 Å². The molecule has 0 spiro atoms. The van der Waals surface area contributed by atoms with E-state index in [2.05, 4.69) is 30.7 Å². The Kier molecular flexibility index (Phi) is 12.7. The van der Waals surface area contributed by atoms with E-state index in [1.165, 1.54) is 0 Å². The molecule has 30 nitrogen and oxygen atoms in total. The van der Waals surface area contributed by atoms with Gasteiger partial charge in [0, 0.05) is 17.5 Å². The minimum atomic E-state index is -5.61. The highest BCUT2D eigenvalue weighted by molar-refractivity contribution is 7.87. The first-order chi connectivity index (χ1) is 31.1. The first kappa shape index (κ1) is 50.3. The molecule has 0 aliphatic carbocycles. The van der Waals surface area contributed by atoms with Crippen molar-refractivity contribution in [2.24, 2.45) is 30.7 Å². The fourth-order valence-electron chi connectivity index (χ4n) is 5.90. The van der Waals surface area contributed by atoms with Gasteiger partial charge < -0.3 is 15.3 Å². The van der Waals surface area contributed by atoms with Crippen LogP contribution < -0.4 is 0 Å². The summed E-state index contributed by atoms with van der Waals surface area (Å²) in [6.45, 7) is 0. The Morgan fingerprint density at radius 3 is 1.31 bits per heavy atom. The number of nitro benzene ring substituents is 1. The van der Waals surface area contributed by atoms with Crippen LogP contribution in [-0.2, 0) is 60.7 Å². The predicted octanol–water partition coefficient (Wildman–Crippen LogP) is 5.74. The second kappa shape index (κ2) is 17.2. The molecule has 0 saturated heterocycles. The second-order valence-electron chi connectivity index (χ2n) is 13.2. The van der Waals surface area contributed by atoms with Crippen LogP contribution >= 0.6 is 0 Å². The van der Waals surface area contributed by atoms with E-state index in [4.69, 9.17) is 0 Å². The summed E-state index contributed by atoms with van der Waals surface area (Å²) in [7, 11) is -32.1. The first-order valence-corrected chi connectivity index (χ1v) is 25.6. The first-order valence-electron chi connectivity index (χ1n) is 17.0. The SMILES string of the molecule is O=[N+]([O-])c1ccc(N=Nc2c(S(=O)(=O)O)cc3cc(S(=O)(=O)O)c(N=Nc4ccc(N=Nc5c(O)c(S(=O)(=O)O)cc6ccc(S(=O)(=O)O)cc56)cc4S(=O)(=O)O)c(O)c3c2O)c(S(=O)(=O)O)c1. The standard InChI is InChI=1S/C32H21N7O23S6/c40-30-25(68(60,61)62)7-13-1-4-17(63(45,46)47)12-18(13)27(30)36-33-15-2-5-19(21(10-15)64(48,49)50)34-37-28-23(66(54,55)56)8-14-9-24(67(57,58)59)29(32(42)26(14)31(28)41)38-35-20-6-3-16(39(43)44)11-22(20)65(51,52)53/h1-12,40-42H,(H,45,46,47)(H,48,49,50)(H,51,52,53)(H,54,55,56)(H,57,58,59)(H,60,61,62). The van der Waals surface area contributed by atoms with Gasteiger partial charge in [-0.25, -0.2) is 0 Å². The van der Waals surface area contributed by atoms with E-state index in [1.54, 1.807) is 0 Å². The molecule has 0 aliphatic heterocycles. The Morgan fingerprint density at radius 2 is 0.853 bits per heavy atom. The Hall–Kier alpha value is -7.10. The highest BCUT2D eigenvalue weighted by Gasteiger charge is 2.30. The van der Waals surface area contributed by atoms with Crippen LogP contribution in [0.2, 0.25) is 0 Å². The number of nitro groups is 1. The van der Waals surface area contributed by atoms with Crippen molar-refractivity contribution in [3.63, 3.8) is 0 Å². The van der Waals surface area contributed by atoms with Crippen molar-refractivity contribution in [2.75, 3.05) is 0 Å². The molecular weight excluding hydrogens is 1040 g/mol. The fraction of sp³-hybridized carbons (Fsp3) is 0. The molecule has 6 rings (SSSR count). The molecular formula is C32H21N7O23S6. The van der Waals surface area contributed by atoms with Crippen LogP contribution in [0.3, 0.4) is 0 Å². The zero-order valence-corrected chi connectivity index (χ0v) is 37.1. The van der Waals surface area contributed by atoms with Gasteiger partial charge in [0.25, 0.3) is 66.4 Å². The molecule has 0 aromatic heterocycles. The minimum Gasteiger partial charge on any atom is -0.505 e. The molecule has 0 atom stereocenters. The van der Waals surface area contributed by atoms with Crippen molar-refractivity contribution in [3.8, 4) is 17.2 Å². The van der Waals surface area contributed by atoms with Crippen LogP contribution in [0.25, 0.3) is 21.5 Å². The molecule has 6 aromatic carbocycles. The van der Waals surface area contributed by atoms with Gasteiger partial charge in [0.15, 0.2) is 17.2 Å². The quantitative estimate of drug-likeness (QED) is 0.0288. The number of hydrogen-bond donors (Lipinski definition) is 9. The predicted molar refractivity (Wildman–Crippen MR) is 224 cm³/mol. The highest BCUT2D eigenvalue weighted by Crippen LogP contribution is 2.51. The van der Waals surface area contributed by atoms with Crippen molar-refractivity contribution >= 4 is 122 Å². The summed E-state index contributed by atoms with van der Waals surface area (Å²) >= 11 is 0.